The third-order valence-corrected chi connectivity index (χ3v) is 8.11. The van der Waals surface area contributed by atoms with Gasteiger partial charge in [0.2, 0.25) is 0 Å². The summed E-state index contributed by atoms with van der Waals surface area (Å²) >= 11 is 9.21. The van der Waals surface area contributed by atoms with Crippen LogP contribution in [0.4, 0.5) is 21.5 Å². The van der Waals surface area contributed by atoms with Crippen molar-refractivity contribution < 1.29 is 9.18 Å². The molecule has 0 unspecified atom stereocenters. The van der Waals surface area contributed by atoms with Crippen molar-refractivity contribution >= 4 is 63.3 Å². The zero-order valence-corrected chi connectivity index (χ0v) is 20.3. The number of carbonyl (C=O) groups excluding carboxylic acids is 1. The van der Waals surface area contributed by atoms with Gasteiger partial charge in [-0.1, -0.05) is 41.6 Å². The van der Waals surface area contributed by atoms with Crippen LogP contribution >= 0.6 is 35.1 Å². The summed E-state index contributed by atoms with van der Waals surface area (Å²) in [5, 5.41) is 1.99. The molecule has 8 heteroatoms. The summed E-state index contributed by atoms with van der Waals surface area (Å²) in [6, 6.07) is 19.5. The Labute approximate surface area is 205 Å². The van der Waals surface area contributed by atoms with Gasteiger partial charge >= 0.3 is 0 Å². The summed E-state index contributed by atoms with van der Waals surface area (Å²) in [6.07, 6.45) is 0. The van der Waals surface area contributed by atoms with Gasteiger partial charge in [0, 0.05) is 16.5 Å². The average molecular weight is 496 g/mol. The number of hydrogen-bond donors (Lipinski definition) is 0. The van der Waals surface area contributed by atoms with Crippen molar-refractivity contribution in [2.75, 3.05) is 16.3 Å². The van der Waals surface area contributed by atoms with Crippen LogP contribution in [0.1, 0.15) is 12.5 Å². The summed E-state index contributed by atoms with van der Waals surface area (Å²) in [5.41, 5.74) is 3.25. The second-order valence-corrected chi connectivity index (χ2v) is 9.91. The molecule has 1 saturated heterocycles. The van der Waals surface area contributed by atoms with Crippen molar-refractivity contribution in [1.29, 1.82) is 0 Å². The molecule has 0 aromatic heterocycles. The second kappa shape index (κ2) is 8.89. The van der Waals surface area contributed by atoms with E-state index in [0.717, 1.165) is 27.7 Å². The first-order chi connectivity index (χ1) is 16.0. The Balaban J connectivity index is 1.63. The average Bonchev–Trinajstić information content (AvgIpc) is 3.34. The van der Waals surface area contributed by atoms with Gasteiger partial charge < -0.3 is 4.90 Å². The third kappa shape index (κ3) is 4.05. The molecule has 2 aliphatic heterocycles. The van der Waals surface area contributed by atoms with Crippen molar-refractivity contribution in [3.8, 4) is 0 Å². The fourth-order valence-electron chi connectivity index (χ4n) is 3.67. The molecule has 1 fully saturated rings. The molecule has 5 rings (SSSR count). The molecular formula is C25H19ClFN3OS2. The van der Waals surface area contributed by atoms with Gasteiger partial charge in [-0.2, -0.15) is 0 Å². The molecule has 0 spiro atoms. The number of amidine groups is 1. The number of aryl methyl sites for hydroxylation is 1. The van der Waals surface area contributed by atoms with Crippen LogP contribution in [-0.2, 0) is 4.79 Å². The predicted octanol–water partition coefficient (Wildman–Crippen LogP) is 7.36. The van der Waals surface area contributed by atoms with Gasteiger partial charge in [-0.15, -0.1) is 0 Å². The van der Waals surface area contributed by atoms with Gasteiger partial charge in [0.15, 0.2) is 5.17 Å². The van der Waals surface area contributed by atoms with E-state index >= 15 is 0 Å². The summed E-state index contributed by atoms with van der Waals surface area (Å²) in [4.78, 5) is 23.9. The van der Waals surface area contributed by atoms with Crippen molar-refractivity contribution in [3.63, 3.8) is 0 Å². The second-order valence-electron chi connectivity index (χ2n) is 7.50. The smallest absolute Gasteiger partial charge is 0.274 e. The first kappa shape index (κ1) is 22.1. The molecule has 0 radical (unpaired) electrons. The SMILES string of the molecule is CCN1C(=C2SC(=Nc3ccc(C)c(Cl)c3)N(c3ccc(F)cc3)C2=O)Sc2ccccc21. The topological polar surface area (TPSA) is 35.9 Å². The molecule has 0 saturated carbocycles. The van der Waals surface area contributed by atoms with Crippen LogP contribution in [0.5, 0.6) is 0 Å². The lowest BCUT2D eigenvalue weighted by Crippen LogP contribution is -2.29. The van der Waals surface area contributed by atoms with E-state index in [9.17, 15) is 9.18 Å². The van der Waals surface area contributed by atoms with Crippen LogP contribution < -0.4 is 9.80 Å². The van der Waals surface area contributed by atoms with E-state index in [0.29, 0.717) is 26.5 Å². The van der Waals surface area contributed by atoms with Gasteiger partial charge in [0.1, 0.15) is 15.8 Å². The maximum absolute atomic E-state index is 13.7. The van der Waals surface area contributed by atoms with E-state index in [1.165, 1.54) is 28.8 Å². The first-order valence-corrected chi connectivity index (χ1v) is 12.4. The largest absolute Gasteiger partial charge is 0.334 e. The highest BCUT2D eigenvalue weighted by Crippen LogP contribution is 2.51. The van der Waals surface area contributed by atoms with E-state index in [1.807, 2.05) is 31.2 Å². The monoisotopic (exact) mass is 495 g/mol. The lowest BCUT2D eigenvalue weighted by molar-refractivity contribution is -0.113. The summed E-state index contributed by atoms with van der Waals surface area (Å²) < 4.78 is 13.6. The molecule has 0 atom stereocenters. The van der Waals surface area contributed by atoms with E-state index < -0.39 is 0 Å². The number of benzene rings is 3. The zero-order chi connectivity index (χ0) is 23.1. The molecular weight excluding hydrogens is 477 g/mol. The molecule has 2 heterocycles. The molecule has 4 nitrogen and oxygen atoms in total. The Bertz CT molecular complexity index is 1320. The number of fused-ring (bicyclic) bond motifs is 1. The maximum Gasteiger partial charge on any atom is 0.274 e. The normalized spacial score (nSPS) is 19.0. The predicted molar refractivity (Wildman–Crippen MR) is 137 cm³/mol. The molecule has 0 bridgehead atoms. The summed E-state index contributed by atoms with van der Waals surface area (Å²) in [5.74, 6) is -0.545. The van der Waals surface area contributed by atoms with E-state index in [4.69, 9.17) is 16.6 Å². The number of halogens is 2. The maximum atomic E-state index is 13.7. The van der Waals surface area contributed by atoms with Crippen molar-refractivity contribution in [3.05, 3.63) is 93.1 Å². The Morgan fingerprint density at radius 2 is 1.79 bits per heavy atom. The standard InChI is InChI=1S/C25H19ClFN3OS2/c1-3-29-20-6-4-5-7-21(20)32-24(29)22-23(31)30(18-12-9-16(27)10-13-18)25(33-22)28-17-11-8-15(2)19(26)14-17/h4-14H,3H2,1-2H3. The number of amides is 1. The van der Waals surface area contributed by atoms with Crippen molar-refractivity contribution in [2.45, 2.75) is 18.7 Å². The minimum absolute atomic E-state index is 0.183. The number of anilines is 2. The molecule has 3 aromatic rings. The quantitative estimate of drug-likeness (QED) is 0.356. The minimum atomic E-state index is -0.362. The van der Waals surface area contributed by atoms with Crippen LogP contribution in [-0.4, -0.2) is 17.6 Å². The zero-order valence-electron chi connectivity index (χ0n) is 17.9. The van der Waals surface area contributed by atoms with Gasteiger partial charge in [-0.25, -0.2) is 9.38 Å². The highest BCUT2D eigenvalue weighted by Gasteiger charge is 2.40. The van der Waals surface area contributed by atoms with Gasteiger partial charge in [-0.3, -0.25) is 9.69 Å². The number of carbonyl (C=O) groups is 1. The Morgan fingerprint density at radius 3 is 2.52 bits per heavy atom. The molecule has 3 aromatic carbocycles. The van der Waals surface area contributed by atoms with Crippen LogP contribution in [0, 0.1) is 12.7 Å². The molecule has 0 N–H and O–H groups in total. The Hall–Kier alpha value is -2.74. The van der Waals surface area contributed by atoms with Gasteiger partial charge in [-0.05, 0) is 79.7 Å². The van der Waals surface area contributed by atoms with Crippen molar-refractivity contribution in [2.24, 2.45) is 4.99 Å². The number of nitrogens with zero attached hydrogens (tertiary/aromatic N) is 3. The molecule has 33 heavy (non-hydrogen) atoms. The Kier molecular flexibility index (Phi) is 5.95. The van der Waals surface area contributed by atoms with Crippen LogP contribution in [0.3, 0.4) is 0 Å². The number of rotatable bonds is 3. The number of thioether (sulfide) groups is 2. The first-order valence-electron chi connectivity index (χ1n) is 10.4. The molecule has 1 amide bonds. The highest BCUT2D eigenvalue weighted by atomic mass is 35.5. The minimum Gasteiger partial charge on any atom is -0.334 e. The van der Waals surface area contributed by atoms with Crippen molar-refractivity contribution in [1.82, 2.24) is 0 Å². The van der Waals surface area contributed by atoms with Crippen LogP contribution in [0.15, 0.2) is 86.6 Å². The fourth-order valence-corrected chi connectivity index (χ4v) is 6.24. The van der Waals surface area contributed by atoms with Crippen LogP contribution in [0.2, 0.25) is 5.02 Å². The van der Waals surface area contributed by atoms with E-state index in [1.54, 1.807) is 30.0 Å². The van der Waals surface area contributed by atoms with E-state index in [2.05, 4.69) is 24.0 Å². The van der Waals surface area contributed by atoms with Gasteiger partial charge in [0.05, 0.1) is 17.1 Å². The number of aliphatic imine (C=N–C) groups is 1. The molecule has 166 valence electrons. The Morgan fingerprint density at radius 1 is 1.03 bits per heavy atom. The summed E-state index contributed by atoms with van der Waals surface area (Å²) in [7, 11) is 0. The highest BCUT2D eigenvalue weighted by molar-refractivity contribution is 8.20. The lowest BCUT2D eigenvalue weighted by atomic mass is 10.2. The molecule has 0 aliphatic carbocycles. The van der Waals surface area contributed by atoms with Gasteiger partial charge in [0.25, 0.3) is 5.91 Å². The van der Waals surface area contributed by atoms with Crippen LogP contribution in [0.25, 0.3) is 0 Å². The third-order valence-electron chi connectivity index (χ3n) is 5.37. The summed E-state index contributed by atoms with van der Waals surface area (Å²) in [6.45, 7) is 4.72. The molecule has 2 aliphatic rings. The fraction of sp³-hybridized carbons (Fsp3) is 0.120. The number of para-hydroxylation sites is 1. The lowest BCUT2D eigenvalue weighted by Gasteiger charge is -2.19. The number of hydrogen-bond acceptors (Lipinski definition) is 5. The van der Waals surface area contributed by atoms with E-state index in [-0.39, 0.29) is 11.7 Å².